The first-order chi connectivity index (χ1) is 18.2. The Morgan fingerprint density at radius 1 is 0.595 bits per heavy atom. The van der Waals surface area contributed by atoms with Crippen LogP contribution in [-0.4, -0.2) is 83.0 Å². The van der Waals surface area contributed by atoms with Crippen molar-refractivity contribution in [3.63, 3.8) is 0 Å². The van der Waals surface area contributed by atoms with E-state index in [1.807, 2.05) is 0 Å². The van der Waals surface area contributed by atoms with Crippen molar-refractivity contribution in [1.29, 1.82) is 0 Å². The van der Waals surface area contributed by atoms with Crippen LogP contribution in [0.25, 0.3) is 0 Å². The Bertz CT molecular complexity index is 987. The van der Waals surface area contributed by atoms with Gasteiger partial charge in [-0.2, -0.15) is 74.6 Å². The molecule has 0 amide bonds. The number of halogens is 17. The summed E-state index contributed by atoms with van der Waals surface area (Å²) in [6, 6.07) is 0. The molecule has 0 aliphatic rings. The Morgan fingerprint density at radius 2 is 0.881 bits per heavy atom. The standard InChI is InChI=1S/C11H23OS.C8HF17O3S/c1-4-6-8-13(9-7-5-2)10-11(3)12;9-1(10,3(13,14)5(17,18)7(21,22)23)2(11,12)4(15,16)6(19,20)8(24,25)29(26,27)28/h4-10H2,1-3H3;(H,26,27,28)/q+1;/p-1. The van der Waals surface area contributed by atoms with E-state index in [-0.39, 0.29) is 0 Å². The predicted molar refractivity (Wildman–Crippen MR) is 113 cm³/mol. The second-order valence-corrected chi connectivity index (χ2v) is 12.2. The van der Waals surface area contributed by atoms with Crippen molar-refractivity contribution in [2.24, 2.45) is 0 Å². The molecule has 0 aliphatic heterocycles. The van der Waals surface area contributed by atoms with Gasteiger partial charge in [-0.15, -0.1) is 0 Å². The molecule has 0 heterocycles. The molecule has 0 atom stereocenters. The van der Waals surface area contributed by atoms with Gasteiger partial charge in [0.1, 0.15) is 11.5 Å². The lowest BCUT2D eigenvalue weighted by atomic mass is 9.91. The molecule has 0 radical (unpaired) electrons. The molecule has 23 heteroatoms. The summed E-state index contributed by atoms with van der Waals surface area (Å²) in [5.41, 5.74) is 0. The van der Waals surface area contributed by atoms with E-state index in [1.165, 1.54) is 37.2 Å². The summed E-state index contributed by atoms with van der Waals surface area (Å²) >= 11 is 0. The van der Waals surface area contributed by atoms with Crippen molar-refractivity contribution in [1.82, 2.24) is 0 Å². The lowest BCUT2D eigenvalue weighted by Crippen LogP contribution is -2.75. The van der Waals surface area contributed by atoms with E-state index < -0.39 is 57.1 Å². The monoisotopic (exact) mass is 702 g/mol. The summed E-state index contributed by atoms with van der Waals surface area (Å²) in [6.45, 7) is 6.15. The molecule has 0 N–H and O–H groups in total. The maximum Gasteiger partial charge on any atom is 0.460 e. The van der Waals surface area contributed by atoms with Crippen molar-refractivity contribution in [2.75, 3.05) is 17.3 Å². The first-order valence-corrected chi connectivity index (χ1v) is 14.1. The second-order valence-electron chi connectivity index (χ2n) is 8.49. The van der Waals surface area contributed by atoms with Gasteiger partial charge in [-0.05, 0) is 30.7 Å². The third kappa shape index (κ3) is 8.06. The molecular formula is C19H23F17O4S2. The maximum absolute atomic E-state index is 13.0. The van der Waals surface area contributed by atoms with Gasteiger partial charge in [-0.1, -0.05) is 26.7 Å². The molecule has 0 saturated carbocycles. The first-order valence-electron chi connectivity index (χ1n) is 11.0. The number of carbonyl (C=O) groups excluding carboxylic acids is 1. The largest absolute Gasteiger partial charge is 0.743 e. The van der Waals surface area contributed by atoms with Gasteiger partial charge in [0.15, 0.2) is 21.7 Å². The van der Waals surface area contributed by atoms with Gasteiger partial charge in [-0.3, -0.25) is 4.79 Å². The SMILES string of the molecule is CCCC[S+](CCCC)CC(C)=O.O=S(=O)([O-])C(F)(F)C(F)(F)C(F)(F)C(F)(F)C(F)(F)C(F)(F)C(F)(F)C(F)(F)F. The summed E-state index contributed by atoms with van der Waals surface area (Å²) in [6.07, 6.45) is -2.79. The van der Waals surface area contributed by atoms with Crippen LogP contribution in [0.3, 0.4) is 0 Å². The molecular weight excluding hydrogens is 679 g/mol. The number of hydrogen-bond donors (Lipinski definition) is 0. The van der Waals surface area contributed by atoms with Gasteiger partial charge in [0, 0.05) is 0 Å². The third-order valence-corrected chi connectivity index (χ3v) is 8.42. The fraction of sp³-hybridized carbons (Fsp3) is 0.947. The van der Waals surface area contributed by atoms with Crippen LogP contribution < -0.4 is 0 Å². The number of unbranched alkanes of at least 4 members (excludes halogenated alkanes) is 2. The fourth-order valence-electron chi connectivity index (χ4n) is 2.54. The van der Waals surface area contributed by atoms with E-state index in [0.29, 0.717) is 16.7 Å². The van der Waals surface area contributed by atoms with Gasteiger partial charge >= 0.3 is 47.0 Å². The molecule has 42 heavy (non-hydrogen) atoms. The Kier molecular flexibility index (Phi) is 14.1. The maximum atomic E-state index is 13.0. The summed E-state index contributed by atoms with van der Waals surface area (Å²) in [4.78, 5) is 11.0. The third-order valence-electron chi connectivity index (χ3n) is 4.99. The minimum Gasteiger partial charge on any atom is -0.743 e. The smallest absolute Gasteiger partial charge is 0.460 e. The van der Waals surface area contributed by atoms with Crippen LogP contribution in [0, 0.1) is 0 Å². The van der Waals surface area contributed by atoms with Crippen LogP contribution in [-0.2, 0) is 25.8 Å². The predicted octanol–water partition coefficient (Wildman–Crippen LogP) is 7.29. The Hall–Kier alpha value is -1.26. The van der Waals surface area contributed by atoms with Crippen LogP contribution in [0.4, 0.5) is 74.6 Å². The molecule has 0 unspecified atom stereocenters. The molecule has 0 aromatic carbocycles. The molecule has 0 rings (SSSR count). The van der Waals surface area contributed by atoms with Crippen molar-refractivity contribution in [3.05, 3.63) is 0 Å². The van der Waals surface area contributed by atoms with Gasteiger partial charge in [-0.25, -0.2) is 8.42 Å². The molecule has 0 fully saturated rings. The Labute approximate surface area is 230 Å². The van der Waals surface area contributed by atoms with Crippen molar-refractivity contribution >= 4 is 26.8 Å². The number of alkyl halides is 17. The number of hydrogen-bond acceptors (Lipinski definition) is 4. The summed E-state index contributed by atoms with van der Waals surface area (Å²) in [5, 5.41) is -7.95. The van der Waals surface area contributed by atoms with Crippen LogP contribution in [0.5, 0.6) is 0 Å². The zero-order valence-corrected chi connectivity index (χ0v) is 23.0. The van der Waals surface area contributed by atoms with E-state index in [4.69, 9.17) is 0 Å². The van der Waals surface area contributed by atoms with Gasteiger partial charge < -0.3 is 4.55 Å². The molecule has 254 valence electrons. The van der Waals surface area contributed by atoms with E-state index in [2.05, 4.69) is 13.8 Å². The zero-order valence-electron chi connectivity index (χ0n) is 21.3. The first kappa shape index (κ1) is 42.9. The highest BCUT2D eigenvalue weighted by molar-refractivity contribution is 7.97. The summed E-state index contributed by atoms with van der Waals surface area (Å²) in [5.74, 6) is -48.4. The van der Waals surface area contributed by atoms with Crippen molar-refractivity contribution < 1.29 is 92.4 Å². The molecule has 0 spiro atoms. The molecule has 0 aliphatic carbocycles. The van der Waals surface area contributed by atoms with Crippen LogP contribution in [0.2, 0.25) is 0 Å². The van der Waals surface area contributed by atoms with E-state index >= 15 is 0 Å². The van der Waals surface area contributed by atoms with E-state index in [9.17, 15) is 92.4 Å². The van der Waals surface area contributed by atoms with E-state index in [1.54, 1.807) is 6.92 Å². The highest BCUT2D eigenvalue weighted by Gasteiger charge is 2.95. The quantitative estimate of drug-likeness (QED) is 0.102. The molecule has 0 aromatic heterocycles. The number of Topliss-reactive ketones (excluding diaryl/α,β-unsaturated/α-hetero) is 1. The Balaban J connectivity index is 0. The molecule has 0 bridgehead atoms. The number of rotatable bonds is 15. The normalized spacial score (nSPS) is 15.0. The van der Waals surface area contributed by atoms with Gasteiger partial charge in [0.25, 0.3) is 0 Å². The number of carbonyl (C=O) groups is 1. The lowest BCUT2D eigenvalue weighted by molar-refractivity contribution is -0.458. The van der Waals surface area contributed by atoms with Crippen molar-refractivity contribution in [3.8, 4) is 0 Å². The van der Waals surface area contributed by atoms with Gasteiger partial charge in [0.05, 0.1) is 0 Å². The van der Waals surface area contributed by atoms with E-state index in [0.717, 1.165) is 5.75 Å². The van der Waals surface area contributed by atoms with Crippen LogP contribution in [0.1, 0.15) is 46.5 Å². The summed E-state index contributed by atoms with van der Waals surface area (Å²) in [7, 11) is -7.75. The molecule has 0 aromatic rings. The van der Waals surface area contributed by atoms with Crippen molar-refractivity contribution in [2.45, 2.75) is 93.4 Å². The lowest BCUT2D eigenvalue weighted by Gasteiger charge is -2.42. The molecule has 0 saturated heterocycles. The van der Waals surface area contributed by atoms with Crippen LogP contribution in [0.15, 0.2) is 0 Å². The highest BCUT2D eigenvalue weighted by atomic mass is 32.2. The van der Waals surface area contributed by atoms with Gasteiger partial charge in [0.2, 0.25) is 0 Å². The average molecular weight is 702 g/mol. The average Bonchev–Trinajstić information content (AvgIpc) is 2.78. The topological polar surface area (TPSA) is 74.3 Å². The minimum absolute atomic E-state index is 0.371. The minimum atomic E-state index is -8.92. The zero-order chi connectivity index (χ0) is 34.6. The second kappa shape index (κ2) is 13.8. The summed E-state index contributed by atoms with van der Waals surface area (Å²) < 4.78 is 244. The molecule has 4 nitrogen and oxygen atoms in total. The van der Waals surface area contributed by atoms with Crippen LogP contribution >= 0.6 is 0 Å². The number of ketones is 1. The Morgan fingerprint density at radius 3 is 1.12 bits per heavy atom. The highest BCUT2D eigenvalue weighted by Crippen LogP contribution is 2.64. The fourth-order valence-corrected chi connectivity index (χ4v) is 5.44.